The molecule has 1 saturated heterocycles. The lowest BCUT2D eigenvalue weighted by molar-refractivity contribution is -0.0116. The zero-order valence-corrected chi connectivity index (χ0v) is 15.2. The van der Waals surface area contributed by atoms with E-state index in [0.717, 1.165) is 21.8 Å². The highest BCUT2D eigenvalue weighted by Gasteiger charge is 2.49. The molecule has 3 aromatic heterocycles. The van der Waals surface area contributed by atoms with Crippen LogP contribution in [0.25, 0.3) is 16.1 Å². The minimum Gasteiger partial charge on any atom is -0.394 e. The van der Waals surface area contributed by atoms with E-state index in [1.54, 1.807) is 22.0 Å². The number of nitrogens with two attached hydrogens (primary N) is 1. The van der Waals surface area contributed by atoms with Crippen LogP contribution in [-0.4, -0.2) is 37.4 Å². The Bertz CT molecular complexity index is 905. The molecule has 132 valence electrons. The Labute approximate surface area is 149 Å². The third kappa shape index (κ3) is 2.36. The lowest BCUT2D eigenvalue weighted by Gasteiger charge is -2.28. The smallest absolute Gasteiger partial charge is 0.152 e. The van der Waals surface area contributed by atoms with E-state index < -0.39 is 0 Å². The summed E-state index contributed by atoms with van der Waals surface area (Å²) in [4.78, 5) is 8.56. The quantitative estimate of drug-likeness (QED) is 0.746. The molecule has 0 unspecified atom stereocenters. The van der Waals surface area contributed by atoms with Crippen molar-refractivity contribution in [1.82, 2.24) is 19.6 Å². The fourth-order valence-electron chi connectivity index (χ4n) is 3.64. The first-order chi connectivity index (χ1) is 11.9. The molecule has 0 saturated carbocycles. The van der Waals surface area contributed by atoms with Crippen LogP contribution in [-0.2, 0) is 4.74 Å². The van der Waals surface area contributed by atoms with Crippen molar-refractivity contribution in [2.24, 2.45) is 11.3 Å². The summed E-state index contributed by atoms with van der Waals surface area (Å²) in [6.45, 7) is 6.43. The number of ether oxygens (including phenoxy) is 1. The highest BCUT2D eigenvalue weighted by Crippen LogP contribution is 2.52. The molecular weight excluding hydrogens is 338 g/mol. The Kier molecular flexibility index (Phi) is 3.78. The van der Waals surface area contributed by atoms with Crippen LogP contribution in [0, 0.1) is 11.3 Å². The van der Waals surface area contributed by atoms with Gasteiger partial charge in [0, 0.05) is 22.6 Å². The second kappa shape index (κ2) is 5.76. The lowest BCUT2D eigenvalue weighted by atomic mass is 9.75. The number of aromatic nitrogens is 4. The molecule has 0 radical (unpaired) electrons. The van der Waals surface area contributed by atoms with Gasteiger partial charge in [-0.3, -0.25) is 0 Å². The van der Waals surface area contributed by atoms with Crippen LogP contribution >= 0.6 is 11.3 Å². The van der Waals surface area contributed by atoms with E-state index in [2.05, 4.69) is 35.8 Å². The van der Waals surface area contributed by atoms with E-state index in [9.17, 15) is 5.11 Å². The first-order valence-corrected chi connectivity index (χ1v) is 9.11. The second-order valence-electron chi connectivity index (χ2n) is 7.07. The molecule has 25 heavy (non-hydrogen) atoms. The molecule has 1 aliphatic heterocycles. The third-order valence-corrected chi connectivity index (χ3v) is 6.25. The van der Waals surface area contributed by atoms with E-state index in [0.29, 0.717) is 5.82 Å². The van der Waals surface area contributed by atoms with Crippen molar-refractivity contribution >= 4 is 22.7 Å². The monoisotopic (exact) mass is 359 g/mol. The van der Waals surface area contributed by atoms with Gasteiger partial charge in [-0.2, -0.15) is 5.10 Å². The minimum atomic E-state index is -0.213. The number of hydrogen-bond donors (Lipinski definition) is 2. The average Bonchev–Trinajstić information content (AvgIpc) is 3.27. The normalized spacial score (nSPS) is 25.7. The van der Waals surface area contributed by atoms with Crippen molar-refractivity contribution in [3.63, 3.8) is 0 Å². The van der Waals surface area contributed by atoms with E-state index in [-0.39, 0.29) is 30.1 Å². The molecule has 0 aromatic carbocycles. The molecule has 3 N–H and O–H groups in total. The SMILES string of the molecule is C[C@@H]1[C@@H](CO)O[C@@H](c2cc(-c3nccs3)c3c(N)ncnn23)C1(C)C. The first-order valence-electron chi connectivity index (χ1n) is 8.23. The fourth-order valence-corrected chi connectivity index (χ4v) is 4.29. The van der Waals surface area contributed by atoms with E-state index in [1.165, 1.54) is 6.33 Å². The molecule has 3 aromatic rings. The van der Waals surface area contributed by atoms with E-state index >= 15 is 0 Å². The predicted octanol–water partition coefficient (Wildman–Crippen LogP) is 2.53. The number of anilines is 1. The summed E-state index contributed by atoms with van der Waals surface area (Å²) < 4.78 is 8.02. The van der Waals surface area contributed by atoms with E-state index in [4.69, 9.17) is 10.5 Å². The number of thiazole rings is 1. The molecule has 3 atom stereocenters. The van der Waals surface area contributed by atoms with Gasteiger partial charge >= 0.3 is 0 Å². The number of aliphatic hydroxyl groups is 1. The molecule has 0 bridgehead atoms. The standard InChI is InChI=1S/C17H21N5O2S/c1-9-12(7-23)24-14(17(9,2)3)11-6-10(16-19-4-5-25-16)13-15(18)20-8-21-22(11)13/h4-6,8-9,12,14,23H,7H2,1-3H3,(H2,18,20,21)/t9-,12-,14+/m1/s1. The van der Waals surface area contributed by atoms with Gasteiger partial charge in [0.2, 0.25) is 0 Å². The van der Waals surface area contributed by atoms with Gasteiger partial charge in [0.1, 0.15) is 23.0 Å². The number of fused-ring (bicyclic) bond motifs is 1. The third-order valence-electron chi connectivity index (χ3n) is 5.44. The molecule has 0 spiro atoms. The molecule has 8 heteroatoms. The van der Waals surface area contributed by atoms with Crippen molar-refractivity contribution in [1.29, 1.82) is 0 Å². The van der Waals surface area contributed by atoms with Crippen molar-refractivity contribution < 1.29 is 9.84 Å². The molecule has 0 aliphatic carbocycles. The molecule has 7 nitrogen and oxygen atoms in total. The van der Waals surface area contributed by atoms with Crippen LogP contribution < -0.4 is 5.73 Å². The zero-order chi connectivity index (χ0) is 17.8. The molecule has 0 amide bonds. The Hall–Kier alpha value is -2.03. The summed E-state index contributed by atoms with van der Waals surface area (Å²) in [5.41, 5.74) is 8.53. The van der Waals surface area contributed by atoms with Crippen molar-refractivity contribution in [3.8, 4) is 10.6 Å². The van der Waals surface area contributed by atoms with Crippen molar-refractivity contribution in [3.05, 3.63) is 29.7 Å². The second-order valence-corrected chi connectivity index (χ2v) is 7.97. The maximum absolute atomic E-state index is 9.66. The van der Waals surface area contributed by atoms with Crippen LogP contribution in [0.1, 0.15) is 32.6 Å². The average molecular weight is 359 g/mol. The van der Waals surface area contributed by atoms with Crippen molar-refractivity contribution in [2.75, 3.05) is 12.3 Å². The highest BCUT2D eigenvalue weighted by molar-refractivity contribution is 7.13. The Morgan fingerprint density at radius 3 is 2.84 bits per heavy atom. The van der Waals surface area contributed by atoms with Gasteiger partial charge in [-0.15, -0.1) is 11.3 Å². The first kappa shape index (κ1) is 16.4. The predicted molar refractivity (Wildman–Crippen MR) is 96.2 cm³/mol. The summed E-state index contributed by atoms with van der Waals surface area (Å²) in [5.74, 6) is 0.615. The highest BCUT2D eigenvalue weighted by atomic mass is 32.1. The summed E-state index contributed by atoms with van der Waals surface area (Å²) in [5, 5.41) is 16.9. The Morgan fingerprint density at radius 2 is 2.20 bits per heavy atom. The van der Waals surface area contributed by atoms with Crippen LogP contribution in [0.5, 0.6) is 0 Å². The molecular formula is C17H21N5O2S. The fraction of sp³-hybridized carbons (Fsp3) is 0.471. The lowest BCUT2D eigenvalue weighted by Crippen LogP contribution is -2.27. The summed E-state index contributed by atoms with van der Waals surface area (Å²) in [6, 6.07) is 2.04. The van der Waals surface area contributed by atoms with Crippen LogP contribution in [0.4, 0.5) is 5.82 Å². The van der Waals surface area contributed by atoms with Crippen LogP contribution in [0.3, 0.4) is 0 Å². The zero-order valence-electron chi connectivity index (χ0n) is 14.4. The maximum atomic E-state index is 9.66. The minimum absolute atomic E-state index is 0.000858. The van der Waals surface area contributed by atoms with Crippen molar-refractivity contribution in [2.45, 2.75) is 33.0 Å². The number of nitrogens with zero attached hydrogens (tertiary/aromatic N) is 4. The summed E-state index contributed by atoms with van der Waals surface area (Å²) in [6.07, 6.45) is 2.80. The number of rotatable bonds is 3. The largest absolute Gasteiger partial charge is 0.394 e. The van der Waals surface area contributed by atoms with Crippen LogP contribution in [0.15, 0.2) is 24.0 Å². The van der Waals surface area contributed by atoms with Gasteiger partial charge < -0.3 is 15.6 Å². The van der Waals surface area contributed by atoms with Gasteiger partial charge in [-0.25, -0.2) is 14.5 Å². The Morgan fingerprint density at radius 1 is 1.40 bits per heavy atom. The maximum Gasteiger partial charge on any atom is 0.152 e. The van der Waals surface area contributed by atoms with Gasteiger partial charge in [0.25, 0.3) is 0 Å². The topological polar surface area (TPSA) is 98.6 Å². The number of aliphatic hydroxyl groups excluding tert-OH is 1. The number of hydrogen-bond acceptors (Lipinski definition) is 7. The summed E-state index contributed by atoms with van der Waals surface area (Å²) in [7, 11) is 0. The Balaban J connectivity index is 1.93. The van der Waals surface area contributed by atoms with Gasteiger partial charge in [-0.1, -0.05) is 20.8 Å². The molecule has 1 aliphatic rings. The molecule has 4 heterocycles. The van der Waals surface area contributed by atoms with E-state index in [1.807, 2.05) is 11.4 Å². The molecule has 4 rings (SSSR count). The van der Waals surface area contributed by atoms with Gasteiger partial charge in [0.05, 0.1) is 18.4 Å². The number of nitrogen functional groups attached to an aromatic ring is 1. The van der Waals surface area contributed by atoms with Gasteiger partial charge in [0.15, 0.2) is 5.82 Å². The molecule has 1 fully saturated rings. The summed E-state index contributed by atoms with van der Waals surface area (Å²) >= 11 is 1.54. The van der Waals surface area contributed by atoms with Crippen LogP contribution in [0.2, 0.25) is 0 Å². The van der Waals surface area contributed by atoms with Gasteiger partial charge in [-0.05, 0) is 12.0 Å².